The standard InChI is InChI=1S/C28H30N4O8S/c1-20(33)39-18-17-30-28(36)40-26-14-10-23(19-31-26)27(35)32-41(37,38)24-11-7-22(8-12-24)15-16-29-25(34)13-9-21-5-3-2-4-6-21/h2-8,10-12,14,19H,9,13,15-18H2,1H3,(H,29,34)(H,30,36)(H,32,35). The number of aryl methyl sites for hydroxylation is 1. The van der Waals surface area contributed by atoms with E-state index in [0.29, 0.717) is 25.8 Å². The Balaban J connectivity index is 1.43. The normalized spacial score (nSPS) is 10.8. The fraction of sp³-hybridized carbons (Fsp3) is 0.250. The average Bonchev–Trinajstić information content (AvgIpc) is 2.95. The van der Waals surface area contributed by atoms with Gasteiger partial charge in [-0.25, -0.2) is 22.9 Å². The first kappa shape index (κ1) is 30.8. The number of amides is 3. The Bertz CT molecular complexity index is 1440. The lowest BCUT2D eigenvalue weighted by Crippen LogP contribution is -2.31. The van der Waals surface area contributed by atoms with E-state index in [2.05, 4.69) is 20.4 Å². The molecular formula is C28H30N4O8S. The summed E-state index contributed by atoms with van der Waals surface area (Å²) < 4.78 is 36.9. The van der Waals surface area contributed by atoms with Crippen LogP contribution in [0.3, 0.4) is 0 Å². The first-order valence-electron chi connectivity index (χ1n) is 12.6. The molecule has 216 valence electrons. The molecule has 3 amide bonds. The van der Waals surface area contributed by atoms with Gasteiger partial charge in [-0.05, 0) is 42.2 Å². The highest BCUT2D eigenvalue weighted by Gasteiger charge is 2.19. The van der Waals surface area contributed by atoms with E-state index < -0.39 is 28.0 Å². The van der Waals surface area contributed by atoms with E-state index in [4.69, 9.17) is 4.74 Å². The molecule has 1 heterocycles. The summed E-state index contributed by atoms with van der Waals surface area (Å²) in [6.45, 7) is 1.64. The van der Waals surface area contributed by atoms with Crippen molar-refractivity contribution in [2.75, 3.05) is 19.7 Å². The zero-order chi connectivity index (χ0) is 29.7. The predicted octanol–water partition coefficient (Wildman–Crippen LogP) is 2.14. The number of benzene rings is 2. The number of hydrogen-bond acceptors (Lipinski definition) is 9. The molecule has 0 aliphatic heterocycles. The molecule has 13 heteroatoms. The summed E-state index contributed by atoms with van der Waals surface area (Å²) in [5.74, 6) is -1.60. The van der Waals surface area contributed by atoms with Crippen LogP contribution in [0.15, 0.2) is 77.8 Å². The van der Waals surface area contributed by atoms with Crippen molar-refractivity contribution in [1.29, 1.82) is 0 Å². The molecule has 3 N–H and O–H groups in total. The van der Waals surface area contributed by atoms with Crippen LogP contribution in [0.5, 0.6) is 5.88 Å². The van der Waals surface area contributed by atoms with Crippen LogP contribution in [0, 0.1) is 0 Å². The van der Waals surface area contributed by atoms with E-state index in [1.807, 2.05) is 35.1 Å². The van der Waals surface area contributed by atoms with Gasteiger partial charge in [-0.3, -0.25) is 14.4 Å². The Labute approximate surface area is 237 Å². The minimum Gasteiger partial charge on any atom is -0.464 e. The molecule has 0 saturated heterocycles. The number of esters is 1. The van der Waals surface area contributed by atoms with E-state index in [-0.39, 0.29) is 35.4 Å². The average molecular weight is 583 g/mol. The topological polar surface area (TPSA) is 170 Å². The molecule has 0 aliphatic rings. The zero-order valence-corrected chi connectivity index (χ0v) is 23.1. The van der Waals surface area contributed by atoms with Gasteiger partial charge in [0.2, 0.25) is 11.8 Å². The Morgan fingerprint density at radius 2 is 1.54 bits per heavy atom. The molecule has 2 aromatic carbocycles. The number of pyridine rings is 1. The van der Waals surface area contributed by atoms with Crippen molar-refractivity contribution in [3.8, 4) is 5.88 Å². The summed E-state index contributed by atoms with van der Waals surface area (Å²) in [6, 6.07) is 18.2. The molecule has 0 fully saturated rings. The van der Waals surface area contributed by atoms with Gasteiger partial charge >= 0.3 is 12.1 Å². The molecule has 0 spiro atoms. The second-order valence-electron chi connectivity index (χ2n) is 8.71. The van der Waals surface area contributed by atoms with Crippen molar-refractivity contribution in [3.05, 3.63) is 89.6 Å². The lowest BCUT2D eigenvalue weighted by atomic mass is 10.1. The minimum atomic E-state index is -4.17. The summed E-state index contributed by atoms with van der Waals surface area (Å²) in [6.07, 6.45) is 1.74. The maximum absolute atomic E-state index is 12.7. The summed E-state index contributed by atoms with van der Waals surface area (Å²) >= 11 is 0. The first-order valence-corrected chi connectivity index (χ1v) is 14.1. The second kappa shape index (κ2) is 15.1. The Hall–Kier alpha value is -4.78. The molecular weight excluding hydrogens is 552 g/mol. The van der Waals surface area contributed by atoms with E-state index >= 15 is 0 Å². The number of rotatable bonds is 13. The Morgan fingerprint density at radius 1 is 0.829 bits per heavy atom. The van der Waals surface area contributed by atoms with Crippen molar-refractivity contribution in [3.63, 3.8) is 0 Å². The molecule has 0 radical (unpaired) electrons. The summed E-state index contributed by atoms with van der Waals surface area (Å²) in [5, 5.41) is 5.20. The molecule has 12 nitrogen and oxygen atoms in total. The van der Waals surface area contributed by atoms with E-state index in [1.165, 1.54) is 31.2 Å². The van der Waals surface area contributed by atoms with Gasteiger partial charge in [-0.15, -0.1) is 0 Å². The third-order valence-electron chi connectivity index (χ3n) is 5.55. The lowest BCUT2D eigenvalue weighted by molar-refractivity contribution is -0.140. The van der Waals surface area contributed by atoms with Gasteiger partial charge in [-0.2, -0.15) is 0 Å². The van der Waals surface area contributed by atoms with Crippen molar-refractivity contribution in [1.82, 2.24) is 20.3 Å². The molecule has 0 aliphatic carbocycles. The third kappa shape index (κ3) is 10.7. The molecule has 1 aromatic heterocycles. The number of carbonyl (C=O) groups is 4. The maximum Gasteiger partial charge on any atom is 0.414 e. The third-order valence-corrected chi connectivity index (χ3v) is 6.90. The Kier molecular flexibility index (Phi) is 11.3. The quantitative estimate of drug-likeness (QED) is 0.202. The van der Waals surface area contributed by atoms with Crippen LogP contribution in [0.1, 0.15) is 34.8 Å². The van der Waals surface area contributed by atoms with Gasteiger partial charge in [0.25, 0.3) is 15.9 Å². The number of aromatic nitrogens is 1. The summed E-state index contributed by atoms with van der Waals surface area (Å²) in [7, 11) is -4.17. The van der Waals surface area contributed by atoms with Crippen molar-refractivity contribution < 1.29 is 37.1 Å². The minimum absolute atomic E-state index is 0.0258. The molecule has 0 bridgehead atoms. The molecule has 0 atom stereocenters. The van der Waals surface area contributed by atoms with Gasteiger partial charge in [0.15, 0.2) is 0 Å². The van der Waals surface area contributed by atoms with E-state index in [9.17, 15) is 27.6 Å². The number of carbonyl (C=O) groups excluding carboxylic acids is 4. The number of nitrogens with one attached hydrogen (secondary N) is 3. The van der Waals surface area contributed by atoms with Crippen molar-refractivity contribution in [2.45, 2.75) is 31.1 Å². The maximum atomic E-state index is 12.7. The van der Waals surface area contributed by atoms with Gasteiger partial charge in [-0.1, -0.05) is 42.5 Å². The van der Waals surface area contributed by atoms with Crippen LogP contribution in [0.25, 0.3) is 0 Å². The van der Waals surface area contributed by atoms with Crippen LogP contribution in [0.2, 0.25) is 0 Å². The summed E-state index contributed by atoms with van der Waals surface area (Å²) in [5.41, 5.74) is 1.83. The molecule has 3 aromatic rings. The first-order chi connectivity index (χ1) is 19.6. The van der Waals surface area contributed by atoms with Crippen molar-refractivity contribution >= 4 is 33.9 Å². The largest absolute Gasteiger partial charge is 0.464 e. The number of sulfonamides is 1. The molecule has 0 saturated carbocycles. The van der Waals surface area contributed by atoms with Crippen LogP contribution in [0.4, 0.5) is 4.79 Å². The molecule has 3 rings (SSSR count). The highest BCUT2D eigenvalue weighted by atomic mass is 32.2. The fourth-order valence-electron chi connectivity index (χ4n) is 3.47. The van der Waals surface area contributed by atoms with Crippen LogP contribution in [-0.2, 0) is 37.2 Å². The van der Waals surface area contributed by atoms with Crippen LogP contribution in [-0.4, -0.2) is 57.0 Å². The number of ether oxygens (including phenoxy) is 2. The van der Waals surface area contributed by atoms with Gasteiger partial charge < -0.3 is 20.1 Å². The predicted molar refractivity (Wildman–Crippen MR) is 147 cm³/mol. The van der Waals surface area contributed by atoms with E-state index in [0.717, 1.165) is 17.3 Å². The second-order valence-corrected chi connectivity index (χ2v) is 10.4. The lowest BCUT2D eigenvalue weighted by Gasteiger charge is -2.09. The van der Waals surface area contributed by atoms with E-state index in [1.54, 1.807) is 12.1 Å². The summed E-state index contributed by atoms with van der Waals surface area (Å²) in [4.78, 5) is 50.7. The van der Waals surface area contributed by atoms with Crippen molar-refractivity contribution in [2.24, 2.45) is 0 Å². The number of hydrogen-bond donors (Lipinski definition) is 3. The van der Waals surface area contributed by atoms with Crippen LogP contribution >= 0.6 is 0 Å². The highest BCUT2D eigenvalue weighted by Crippen LogP contribution is 2.13. The van der Waals surface area contributed by atoms with Crippen LogP contribution < -0.4 is 20.1 Å². The smallest absolute Gasteiger partial charge is 0.414 e. The molecule has 41 heavy (non-hydrogen) atoms. The Morgan fingerprint density at radius 3 is 2.20 bits per heavy atom. The van der Waals surface area contributed by atoms with Gasteiger partial charge in [0, 0.05) is 32.2 Å². The SMILES string of the molecule is CC(=O)OCCNC(=O)Oc1ccc(C(=O)NS(=O)(=O)c2ccc(CCNC(=O)CCc3ccccc3)cc2)cn1. The molecule has 0 unspecified atom stereocenters. The van der Waals surface area contributed by atoms with Gasteiger partial charge in [0.1, 0.15) is 6.61 Å². The van der Waals surface area contributed by atoms with Gasteiger partial charge in [0.05, 0.1) is 17.0 Å². The highest BCUT2D eigenvalue weighted by molar-refractivity contribution is 7.90. The fourth-order valence-corrected chi connectivity index (χ4v) is 4.44. The number of nitrogens with zero attached hydrogens (tertiary/aromatic N) is 1. The monoisotopic (exact) mass is 582 g/mol. The zero-order valence-electron chi connectivity index (χ0n) is 22.3.